The van der Waals surface area contributed by atoms with Crippen molar-refractivity contribution in [1.29, 1.82) is 0 Å². The van der Waals surface area contributed by atoms with E-state index in [0.29, 0.717) is 13.2 Å². The number of methoxy groups -OCH3 is 2. The van der Waals surface area contributed by atoms with E-state index in [9.17, 15) is 5.11 Å². The summed E-state index contributed by atoms with van der Waals surface area (Å²) in [4.78, 5) is 0. The van der Waals surface area contributed by atoms with E-state index in [1.807, 2.05) is 24.3 Å². The molecule has 1 aromatic rings. The zero-order chi connectivity index (χ0) is 12.7. The van der Waals surface area contributed by atoms with Gasteiger partial charge in [0.1, 0.15) is 5.75 Å². The summed E-state index contributed by atoms with van der Waals surface area (Å²) >= 11 is 0. The molecule has 0 amide bonds. The van der Waals surface area contributed by atoms with Crippen LogP contribution in [-0.2, 0) is 4.74 Å². The molecule has 17 heavy (non-hydrogen) atoms. The van der Waals surface area contributed by atoms with Gasteiger partial charge >= 0.3 is 0 Å². The summed E-state index contributed by atoms with van der Waals surface area (Å²) in [6.45, 7) is 2.92. The molecular weight excluding hydrogens is 218 g/mol. The highest BCUT2D eigenvalue weighted by Crippen LogP contribution is 2.16. The van der Waals surface area contributed by atoms with Gasteiger partial charge in [-0.25, -0.2) is 0 Å². The Labute approximate surface area is 103 Å². The van der Waals surface area contributed by atoms with Gasteiger partial charge in [-0.05, 0) is 24.6 Å². The normalized spacial score (nSPS) is 14.4. The van der Waals surface area contributed by atoms with Crippen molar-refractivity contribution in [3.05, 3.63) is 29.8 Å². The lowest BCUT2D eigenvalue weighted by Gasteiger charge is -2.17. The van der Waals surface area contributed by atoms with Crippen LogP contribution in [0, 0.1) is 0 Å². The van der Waals surface area contributed by atoms with Crippen LogP contribution in [-0.4, -0.2) is 38.6 Å². The molecule has 0 heterocycles. The Bertz CT molecular complexity index is 313. The molecule has 4 nitrogen and oxygen atoms in total. The summed E-state index contributed by atoms with van der Waals surface area (Å²) in [6.07, 6.45) is -0.472. The lowest BCUT2D eigenvalue weighted by molar-refractivity contribution is 0.0630. The standard InChI is InChI=1S/C13H21NO3/c1-10(14-8-12(15)9-16-2)11-4-6-13(17-3)7-5-11/h4-7,10,12,14-15H,8-9H2,1-3H3/t10-,12?/m1/s1. The van der Waals surface area contributed by atoms with E-state index >= 15 is 0 Å². The summed E-state index contributed by atoms with van der Waals surface area (Å²) in [5, 5.41) is 12.8. The maximum atomic E-state index is 9.52. The van der Waals surface area contributed by atoms with Crippen LogP contribution >= 0.6 is 0 Å². The van der Waals surface area contributed by atoms with Gasteiger partial charge in [-0.1, -0.05) is 12.1 Å². The van der Waals surface area contributed by atoms with Gasteiger partial charge in [-0.15, -0.1) is 0 Å². The number of nitrogens with one attached hydrogen (secondary N) is 1. The van der Waals surface area contributed by atoms with Crippen molar-refractivity contribution in [3.63, 3.8) is 0 Å². The highest BCUT2D eigenvalue weighted by molar-refractivity contribution is 5.28. The Balaban J connectivity index is 2.43. The molecule has 0 fully saturated rings. The topological polar surface area (TPSA) is 50.7 Å². The molecule has 0 aliphatic carbocycles. The molecular formula is C13H21NO3. The molecule has 2 atom stereocenters. The third kappa shape index (κ3) is 4.73. The van der Waals surface area contributed by atoms with Crippen LogP contribution in [0.3, 0.4) is 0 Å². The molecule has 1 rings (SSSR count). The minimum atomic E-state index is -0.472. The maximum Gasteiger partial charge on any atom is 0.118 e. The molecule has 0 bridgehead atoms. The van der Waals surface area contributed by atoms with Gasteiger partial charge in [0.05, 0.1) is 19.8 Å². The van der Waals surface area contributed by atoms with Crippen molar-refractivity contribution in [2.24, 2.45) is 0 Å². The summed E-state index contributed by atoms with van der Waals surface area (Å²) in [5.41, 5.74) is 1.16. The van der Waals surface area contributed by atoms with E-state index in [4.69, 9.17) is 9.47 Å². The van der Waals surface area contributed by atoms with Crippen molar-refractivity contribution < 1.29 is 14.6 Å². The quantitative estimate of drug-likeness (QED) is 0.754. The van der Waals surface area contributed by atoms with Gasteiger partial charge in [-0.3, -0.25) is 0 Å². The molecule has 0 radical (unpaired) electrons. The van der Waals surface area contributed by atoms with E-state index in [2.05, 4.69) is 12.2 Å². The number of aliphatic hydroxyl groups is 1. The summed E-state index contributed by atoms with van der Waals surface area (Å²) < 4.78 is 9.97. The molecule has 1 aromatic carbocycles. The third-order valence-electron chi connectivity index (χ3n) is 2.63. The number of rotatable bonds is 7. The monoisotopic (exact) mass is 239 g/mol. The van der Waals surface area contributed by atoms with Gasteiger partial charge in [0, 0.05) is 19.7 Å². The van der Waals surface area contributed by atoms with Crippen molar-refractivity contribution in [3.8, 4) is 5.75 Å². The molecule has 0 saturated carbocycles. The number of ether oxygens (including phenoxy) is 2. The average Bonchev–Trinajstić information content (AvgIpc) is 2.36. The van der Waals surface area contributed by atoms with Gasteiger partial charge < -0.3 is 19.9 Å². The van der Waals surface area contributed by atoms with Crippen molar-refractivity contribution in [2.75, 3.05) is 27.4 Å². The second-order valence-electron chi connectivity index (χ2n) is 4.01. The molecule has 2 N–H and O–H groups in total. The second-order valence-corrected chi connectivity index (χ2v) is 4.01. The highest BCUT2D eigenvalue weighted by atomic mass is 16.5. The first-order valence-electron chi connectivity index (χ1n) is 5.71. The Kier molecular flexibility index (Phi) is 5.97. The van der Waals surface area contributed by atoms with Crippen molar-refractivity contribution >= 4 is 0 Å². The van der Waals surface area contributed by atoms with Gasteiger partial charge in [0.2, 0.25) is 0 Å². The van der Waals surface area contributed by atoms with Crippen LogP contribution < -0.4 is 10.1 Å². The Morgan fingerprint density at radius 3 is 2.41 bits per heavy atom. The minimum absolute atomic E-state index is 0.187. The Morgan fingerprint density at radius 2 is 1.88 bits per heavy atom. The Morgan fingerprint density at radius 1 is 1.24 bits per heavy atom. The molecule has 0 aliphatic rings. The zero-order valence-corrected chi connectivity index (χ0v) is 10.6. The molecule has 1 unspecified atom stereocenters. The number of benzene rings is 1. The highest BCUT2D eigenvalue weighted by Gasteiger charge is 2.08. The van der Waals surface area contributed by atoms with E-state index in [0.717, 1.165) is 11.3 Å². The molecule has 0 saturated heterocycles. The summed E-state index contributed by atoms with van der Waals surface area (Å²) in [6, 6.07) is 8.07. The number of aliphatic hydroxyl groups excluding tert-OH is 1. The summed E-state index contributed by atoms with van der Waals surface area (Å²) in [5.74, 6) is 0.848. The number of hydrogen-bond donors (Lipinski definition) is 2. The van der Waals surface area contributed by atoms with Gasteiger partial charge in [0.15, 0.2) is 0 Å². The van der Waals surface area contributed by atoms with Crippen LogP contribution in [0.2, 0.25) is 0 Å². The van der Waals surface area contributed by atoms with E-state index in [-0.39, 0.29) is 6.04 Å². The first-order chi connectivity index (χ1) is 8.17. The fourth-order valence-electron chi connectivity index (χ4n) is 1.57. The van der Waals surface area contributed by atoms with E-state index in [1.54, 1.807) is 14.2 Å². The predicted octanol–water partition coefficient (Wildman–Crippen LogP) is 1.35. The fourth-order valence-corrected chi connectivity index (χ4v) is 1.57. The zero-order valence-electron chi connectivity index (χ0n) is 10.6. The van der Waals surface area contributed by atoms with Crippen molar-refractivity contribution in [1.82, 2.24) is 5.32 Å². The average molecular weight is 239 g/mol. The largest absolute Gasteiger partial charge is 0.497 e. The number of hydrogen-bond acceptors (Lipinski definition) is 4. The maximum absolute atomic E-state index is 9.52. The van der Waals surface area contributed by atoms with Crippen LogP contribution in [0.1, 0.15) is 18.5 Å². The Hall–Kier alpha value is -1.10. The molecule has 0 spiro atoms. The molecule has 96 valence electrons. The lowest BCUT2D eigenvalue weighted by Crippen LogP contribution is -2.31. The van der Waals surface area contributed by atoms with E-state index < -0.39 is 6.10 Å². The van der Waals surface area contributed by atoms with E-state index in [1.165, 1.54) is 0 Å². The molecule has 0 aromatic heterocycles. The minimum Gasteiger partial charge on any atom is -0.497 e. The smallest absolute Gasteiger partial charge is 0.118 e. The van der Waals surface area contributed by atoms with Crippen LogP contribution in [0.15, 0.2) is 24.3 Å². The summed E-state index contributed by atoms with van der Waals surface area (Å²) in [7, 11) is 3.23. The third-order valence-corrected chi connectivity index (χ3v) is 2.63. The van der Waals surface area contributed by atoms with Gasteiger partial charge in [0.25, 0.3) is 0 Å². The van der Waals surface area contributed by atoms with Crippen LogP contribution in [0.4, 0.5) is 0 Å². The molecule has 4 heteroatoms. The van der Waals surface area contributed by atoms with Crippen LogP contribution in [0.25, 0.3) is 0 Å². The molecule has 0 aliphatic heterocycles. The van der Waals surface area contributed by atoms with Gasteiger partial charge in [-0.2, -0.15) is 0 Å². The second kappa shape index (κ2) is 7.27. The first kappa shape index (κ1) is 14.0. The van der Waals surface area contributed by atoms with Crippen LogP contribution in [0.5, 0.6) is 5.75 Å². The predicted molar refractivity (Wildman–Crippen MR) is 67.3 cm³/mol. The first-order valence-corrected chi connectivity index (χ1v) is 5.71. The lowest BCUT2D eigenvalue weighted by atomic mass is 10.1. The SMILES string of the molecule is COCC(O)CN[C@H](C)c1ccc(OC)cc1. The van der Waals surface area contributed by atoms with Crippen molar-refractivity contribution in [2.45, 2.75) is 19.1 Å². The fraction of sp³-hybridized carbons (Fsp3) is 0.538.